The zero-order valence-corrected chi connectivity index (χ0v) is 21.3. The Labute approximate surface area is 212 Å². The zero-order valence-electron chi connectivity index (χ0n) is 20.5. The number of aliphatic carboxylic acids is 1. The fourth-order valence-corrected chi connectivity index (χ4v) is 5.11. The molecule has 3 atom stereocenters. The fraction of sp³-hybridized carbons (Fsp3) is 0.519. The highest BCUT2D eigenvalue weighted by atomic mass is 35.5. The Morgan fingerprint density at radius 2 is 2.14 bits per heavy atom. The van der Waals surface area contributed by atoms with Gasteiger partial charge in [0.05, 0.1) is 12.7 Å². The molecular formula is C27H36ClFN2O4. The van der Waals surface area contributed by atoms with Crippen molar-refractivity contribution in [2.75, 3.05) is 19.7 Å². The predicted octanol–water partition coefficient (Wildman–Crippen LogP) is 5.10. The van der Waals surface area contributed by atoms with Crippen LogP contribution >= 0.6 is 11.6 Å². The molecule has 0 radical (unpaired) electrons. The quantitative estimate of drug-likeness (QED) is 0.367. The molecule has 0 aromatic heterocycles. The van der Waals surface area contributed by atoms with Crippen LogP contribution in [0, 0.1) is 5.82 Å². The Morgan fingerprint density at radius 3 is 2.86 bits per heavy atom. The van der Waals surface area contributed by atoms with Crippen molar-refractivity contribution in [3.8, 4) is 0 Å². The molecular weight excluding hydrogens is 471 g/mol. The summed E-state index contributed by atoms with van der Waals surface area (Å²) in [5, 5.41) is 9.81. The number of halogens is 2. The van der Waals surface area contributed by atoms with E-state index in [1.807, 2.05) is 13.0 Å². The summed E-state index contributed by atoms with van der Waals surface area (Å²) < 4.78 is 20.4. The van der Waals surface area contributed by atoms with Gasteiger partial charge in [0, 0.05) is 24.0 Å². The van der Waals surface area contributed by atoms with Crippen LogP contribution in [0.1, 0.15) is 61.5 Å². The molecule has 0 spiro atoms. The summed E-state index contributed by atoms with van der Waals surface area (Å²) in [6, 6.07) is 11.4. The lowest BCUT2D eigenvalue weighted by atomic mass is 9.98. The number of ether oxygens (including phenoxy) is 1. The van der Waals surface area contributed by atoms with Crippen molar-refractivity contribution in [2.24, 2.45) is 5.90 Å². The van der Waals surface area contributed by atoms with Gasteiger partial charge in [-0.05, 0) is 80.0 Å². The molecule has 1 aliphatic heterocycles. The topological polar surface area (TPSA) is 85.0 Å². The molecule has 35 heavy (non-hydrogen) atoms. The number of hydrogen-bond acceptors (Lipinski definition) is 5. The standard InChI is InChI=1S/C27H36ClFN2O4/c1-3-20-14-19(9-11-25(20)28)15-21-6-5-13-31(21)16-22(35-30)17-34-18(2)23-7-4-8-26(29)24(23)10-12-27(32)33/h4,7-9,11,14,18,21-22H,3,5-6,10,12-13,15-17,30H2,1-2H3,(H,32,33)/t18-,21+,22-/m1/s1. The van der Waals surface area contributed by atoms with Crippen LogP contribution in [0.15, 0.2) is 36.4 Å². The fourth-order valence-electron chi connectivity index (χ4n) is 4.85. The number of carboxylic acid groups (broad SMARTS) is 1. The first kappa shape index (κ1) is 27.6. The molecule has 1 heterocycles. The normalized spacial score (nSPS) is 18.0. The van der Waals surface area contributed by atoms with Crippen molar-refractivity contribution in [2.45, 2.75) is 70.6 Å². The van der Waals surface area contributed by atoms with Crippen LogP contribution in [-0.2, 0) is 33.6 Å². The van der Waals surface area contributed by atoms with Gasteiger partial charge >= 0.3 is 5.97 Å². The first-order valence-corrected chi connectivity index (χ1v) is 12.7. The highest BCUT2D eigenvalue weighted by molar-refractivity contribution is 6.31. The largest absolute Gasteiger partial charge is 0.481 e. The summed E-state index contributed by atoms with van der Waals surface area (Å²) in [7, 11) is 0. The molecule has 1 saturated heterocycles. The van der Waals surface area contributed by atoms with Crippen LogP contribution in [0.4, 0.5) is 4.39 Å². The first-order valence-electron chi connectivity index (χ1n) is 12.3. The van der Waals surface area contributed by atoms with Crippen molar-refractivity contribution in [1.29, 1.82) is 0 Å². The zero-order chi connectivity index (χ0) is 25.4. The Hall–Kier alpha value is -2.03. The molecule has 1 aliphatic rings. The van der Waals surface area contributed by atoms with Crippen molar-refractivity contribution < 1.29 is 23.9 Å². The molecule has 2 aromatic carbocycles. The van der Waals surface area contributed by atoms with E-state index in [0.717, 1.165) is 37.3 Å². The molecule has 0 aliphatic carbocycles. The van der Waals surface area contributed by atoms with Crippen LogP contribution in [-0.4, -0.2) is 47.8 Å². The van der Waals surface area contributed by atoms with Gasteiger partial charge in [0.1, 0.15) is 11.9 Å². The van der Waals surface area contributed by atoms with Gasteiger partial charge in [-0.25, -0.2) is 10.3 Å². The van der Waals surface area contributed by atoms with Gasteiger partial charge in [0.25, 0.3) is 0 Å². The molecule has 0 saturated carbocycles. The number of nitrogens with zero attached hydrogens (tertiary/aromatic N) is 1. The van der Waals surface area contributed by atoms with Gasteiger partial charge in [-0.1, -0.05) is 42.8 Å². The number of benzene rings is 2. The van der Waals surface area contributed by atoms with Crippen LogP contribution < -0.4 is 5.90 Å². The highest BCUT2D eigenvalue weighted by Gasteiger charge is 2.28. The minimum atomic E-state index is -0.964. The van der Waals surface area contributed by atoms with E-state index in [2.05, 4.69) is 24.0 Å². The molecule has 1 fully saturated rings. The van der Waals surface area contributed by atoms with E-state index in [-0.39, 0.29) is 25.6 Å². The smallest absolute Gasteiger partial charge is 0.303 e. The molecule has 0 unspecified atom stereocenters. The Balaban J connectivity index is 1.59. The third-order valence-electron chi connectivity index (χ3n) is 6.81. The number of aryl methyl sites for hydroxylation is 1. The van der Waals surface area contributed by atoms with Gasteiger partial charge in [0.15, 0.2) is 0 Å². The van der Waals surface area contributed by atoms with Crippen molar-refractivity contribution in [3.63, 3.8) is 0 Å². The van der Waals surface area contributed by atoms with E-state index in [1.54, 1.807) is 12.1 Å². The number of carboxylic acids is 1. The Kier molecular flexibility index (Phi) is 10.5. The second-order valence-electron chi connectivity index (χ2n) is 9.21. The maximum Gasteiger partial charge on any atom is 0.303 e. The summed E-state index contributed by atoms with van der Waals surface area (Å²) in [5.74, 6) is 4.24. The summed E-state index contributed by atoms with van der Waals surface area (Å²) >= 11 is 6.28. The maximum atomic E-state index is 14.4. The summed E-state index contributed by atoms with van der Waals surface area (Å²) in [5.41, 5.74) is 3.47. The third kappa shape index (κ3) is 7.72. The van der Waals surface area contributed by atoms with E-state index in [1.165, 1.54) is 17.2 Å². The molecule has 8 heteroatoms. The molecule has 0 amide bonds. The summed E-state index contributed by atoms with van der Waals surface area (Å²) in [6.07, 6.45) is 3.27. The van der Waals surface area contributed by atoms with Gasteiger partial charge < -0.3 is 9.84 Å². The van der Waals surface area contributed by atoms with Crippen molar-refractivity contribution in [3.05, 3.63) is 69.5 Å². The van der Waals surface area contributed by atoms with Crippen molar-refractivity contribution >= 4 is 17.6 Å². The molecule has 3 N–H and O–H groups in total. The monoisotopic (exact) mass is 506 g/mol. The number of likely N-dealkylation sites (tertiary alicyclic amines) is 1. The van der Waals surface area contributed by atoms with Gasteiger partial charge in [-0.3, -0.25) is 14.5 Å². The Bertz CT molecular complexity index is 990. The Morgan fingerprint density at radius 1 is 1.34 bits per heavy atom. The second-order valence-corrected chi connectivity index (χ2v) is 9.62. The van der Waals surface area contributed by atoms with Gasteiger partial charge in [-0.15, -0.1) is 0 Å². The predicted molar refractivity (Wildman–Crippen MR) is 135 cm³/mol. The van der Waals surface area contributed by atoms with Crippen LogP contribution in [0.2, 0.25) is 5.02 Å². The number of nitrogens with two attached hydrogens (primary N) is 1. The SMILES string of the molecule is CCc1cc(C[C@@H]2CCCN2C[C@H](CO[C@H](C)c2cccc(F)c2CCC(=O)O)ON)ccc1Cl. The lowest BCUT2D eigenvalue weighted by Gasteiger charge is -2.29. The highest BCUT2D eigenvalue weighted by Crippen LogP contribution is 2.27. The molecule has 192 valence electrons. The number of rotatable bonds is 13. The molecule has 3 rings (SSSR count). The van der Waals surface area contributed by atoms with Crippen LogP contribution in [0.5, 0.6) is 0 Å². The molecule has 6 nitrogen and oxygen atoms in total. The van der Waals surface area contributed by atoms with E-state index in [9.17, 15) is 9.18 Å². The first-order chi connectivity index (χ1) is 16.8. The van der Waals surface area contributed by atoms with Gasteiger partial charge in [0.2, 0.25) is 0 Å². The van der Waals surface area contributed by atoms with Crippen molar-refractivity contribution in [1.82, 2.24) is 4.90 Å². The minimum absolute atomic E-state index is 0.113. The molecule has 2 aromatic rings. The maximum absolute atomic E-state index is 14.4. The van der Waals surface area contributed by atoms with E-state index < -0.39 is 17.9 Å². The second kappa shape index (κ2) is 13.3. The average Bonchev–Trinajstić information content (AvgIpc) is 3.27. The summed E-state index contributed by atoms with van der Waals surface area (Å²) in [6.45, 7) is 5.79. The summed E-state index contributed by atoms with van der Waals surface area (Å²) in [4.78, 5) is 18.6. The third-order valence-corrected chi connectivity index (χ3v) is 7.17. The lowest BCUT2D eigenvalue weighted by Crippen LogP contribution is -2.41. The van der Waals surface area contributed by atoms with Crippen LogP contribution in [0.3, 0.4) is 0 Å². The lowest BCUT2D eigenvalue weighted by molar-refractivity contribution is -0.136. The van der Waals surface area contributed by atoms with Gasteiger partial charge in [-0.2, -0.15) is 0 Å². The number of hydrogen-bond donors (Lipinski definition) is 2. The van der Waals surface area contributed by atoms with E-state index in [4.69, 9.17) is 32.2 Å². The number of carbonyl (C=O) groups is 1. The van der Waals surface area contributed by atoms with Crippen LogP contribution in [0.25, 0.3) is 0 Å². The minimum Gasteiger partial charge on any atom is -0.481 e. The average molecular weight is 507 g/mol. The molecule has 0 bridgehead atoms. The van der Waals surface area contributed by atoms with E-state index >= 15 is 0 Å². The van der Waals surface area contributed by atoms with E-state index in [0.29, 0.717) is 23.7 Å².